The highest BCUT2D eigenvalue weighted by molar-refractivity contribution is 5.96. The quantitative estimate of drug-likeness (QED) is 0.309. The SMILES string of the molecule is CC(C)(C)c1ccc2oc(-c3cccc4cc(OCc5ccccc5)ccc34)nc2c1. The summed E-state index contributed by atoms with van der Waals surface area (Å²) < 4.78 is 12.1. The Morgan fingerprint density at radius 1 is 0.839 bits per heavy atom. The van der Waals surface area contributed by atoms with E-state index in [1.165, 1.54) is 5.56 Å². The fourth-order valence-corrected chi connectivity index (χ4v) is 3.79. The van der Waals surface area contributed by atoms with Crippen molar-refractivity contribution in [3.8, 4) is 17.2 Å². The van der Waals surface area contributed by atoms with E-state index in [1.807, 2.05) is 36.4 Å². The fraction of sp³-hybridized carbons (Fsp3) is 0.179. The van der Waals surface area contributed by atoms with Crippen LogP contribution in [-0.2, 0) is 12.0 Å². The third-order valence-electron chi connectivity index (χ3n) is 5.58. The van der Waals surface area contributed by atoms with E-state index >= 15 is 0 Å². The zero-order valence-electron chi connectivity index (χ0n) is 18.1. The van der Waals surface area contributed by atoms with Gasteiger partial charge in [-0.05, 0) is 63.7 Å². The van der Waals surface area contributed by atoms with Crippen LogP contribution < -0.4 is 4.74 Å². The summed E-state index contributed by atoms with van der Waals surface area (Å²) in [5.41, 5.74) is 5.16. The van der Waals surface area contributed by atoms with Crippen LogP contribution in [0.1, 0.15) is 31.9 Å². The van der Waals surface area contributed by atoms with Crippen LogP contribution in [-0.4, -0.2) is 4.98 Å². The van der Waals surface area contributed by atoms with Crippen LogP contribution >= 0.6 is 0 Å². The zero-order valence-corrected chi connectivity index (χ0v) is 18.1. The van der Waals surface area contributed by atoms with Crippen molar-refractivity contribution in [3.63, 3.8) is 0 Å². The van der Waals surface area contributed by atoms with E-state index in [0.717, 1.165) is 38.7 Å². The van der Waals surface area contributed by atoms with Gasteiger partial charge in [-0.1, -0.05) is 69.3 Å². The van der Waals surface area contributed by atoms with Gasteiger partial charge in [0.15, 0.2) is 5.58 Å². The maximum absolute atomic E-state index is 6.12. The van der Waals surface area contributed by atoms with Crippen LogP contribution in [0.15, 0.2) is 89.3 Å². The molecule has 0 radical (unpaired) electrons. The molecule has 1 aromatic heterocycles. The first-order valence-electron chi connectivity index (χ1n) is 10.6. The molecular formula is C28H25NO2. The number of benzene rings is 4. The molecule has 0 atom stereocenters. The van der Waals surface area contributed by atoms with Gasteiger partial charge in [0.1, 0.15) is 17.9 Å². The van der Waals surface area contributed by atoms with Crippen LogP contribution in [0, 0.1) is 0 Å². The lowest BCUT2D eigenvalue weighted by molar-refractivity contribution is 0.306. The van der Waals surface area contributed by atoms with Gasteiger partial charge >= 0.3 is 0 Å². The highest BCUT2D eigenvalue weighted by Gasteiger charge is 2.17. The average molecular weight is 408 g/mol. The molecule has 0 N–H and O–H groups in total. The van der Waals surface area contributed by atoms with Gasteiger partial charge in [-0.3, -0.25) is 0 Å². The van der Waals surface area contributed by atoms with Crippen LogP contribution in [0.2, 0.25) is 0 Å². The molecule has 0 aliphatic carbocycles. The molecule has 5 rings (SSSR count). The van der Waals surface area contributed by atoms with E-state index in [4.69, 9.17) is 14.1 Å². The van der Waals surface area contributed by atoms with Crippen molar-refractivity contribution in [1.29, 1.82) is 0 Å². The first-order valence-corrected chi connectivity index (χ1v) is 10.6. The second-order valence-electron chi connectivity index (χ2n) is 8.91. The van der Waals surface area contributed by atoms with Crippen LogP contribution in [0.5, 0.6) is 5.75 Å². The molecule has 0 amide bonds. The number of rotatable bonds is 4. The van der Waals surface area contributed by atoms with Crippen molar-refractivity contribution >= 4 is 21.9 Å². The Bertz CT molecular complexity index is 1360. The Kier molecular flexibility index (Phi) is 4.74. The monoisotopic (exact) mass is 407 g/mol. The van der Waals surface area contributed by atoms with Crippen molar-refractivity contribution in [1.82, 2.24) is 4.98 Å². The molecule has 0 unspecified atom stereocenters. The van der Waals surface area contributed by atoms with Gasteiger partial charge < -0.3 is 9.15 Å². The van der Waals surface area contributed by atoms with E-state index in [-0.39, 0.29) is 5.41 Å². The van der Waals surface area contributed by atoms with Gasteiger partial charge in [-0.15, -0.1) is 0 Å². The lowest BCUT2D eigenvalue weighted by atomic mass is 9.87. The number of hydrogen-bond acceptors (Lipinski definition) is 3. The summed E-state index contributed by atoms with van der Waals surface area (Å²) in [7, 11) is 0. The van der Waals surface area contributed by atoms with Crippen molar-refractivity contribution in [2.75, 3.05) is 0 Å². The zero-order chi connectivity index (χ0) is 21.4. The Hall–Kier alpha value is -3.59. The molecule has 5 aromatic rings. The second-order valence-corrected chi connectivity index (χ2v) is 8.91. The Labute approximate surface area is 182 Å². The van der Waals surface area contributed by atoms with Crippen LogP contribution in [0.25, 0.3) is 33.3 Å². The first kappa shape index (κ1) is 19.4. The van der Waals surface area contributed by atoms with E-state index in [1.54, 1.807) is 0 Å². The highest BCUT2D eigenvalue weighted by Crippen LogP contribution is 2.34. The summed E-state index contributed by atoms with van der Waals surface area (Å²) >= 11 is 0. The van der Waals surface area contributed by atoms with Crippen molar-refractivity contribution in [2.45, 2.75) is 32.8 Å². The Morgan fingerprint density at radius 3 is 2.48 bits per heavy atom. The fourth-order valence-electron chi connectivity index (χ4n) is 3.79. The van der Waals surface area contributed by atoms with Crippen molar-refractivity contribution in [2.24, 2.45) is 0 Å². The molecule has 0 saturated heterocycles. The number of aromatic nitrogens is 1. The lowest BCUT2D eigenvalue weighted by Gasteiger charge is -2.18. The summed E-state index contributed by atoms with van der Waals surface area (Å²) in [6, 6.07) is 28.8. The molecule has 4 aromatic carbocycles. The molecule has 0 saturated carbocycles. The minimum absolute atomic E-state index is 0.0723. The van der Waals surface area contributed by atoms with E-state index in [2.05, 4.69) is 69.3 Å². The third kappa shape index (κ3) is 3.91. The largest absolute Gasteiger partial charge is 0.489 e. The molecule has 3 nitrogen and oxygen atoms in total. The molecule has 0 aliphatic heterocycles. The van der Waals surface area contributed by atoms with Gasteiger partial charge in [-0.2, -0.15) is 0 Å². The maximum Gasteiger partial charge on any atom is 0.227 e. The van der Waals surface area contributed by atoms with E-state index in [9.17, 15) is 0 Å². The van der Waals surface area contributed by atoms with Gasteiger partial charge in [0, 0.05) is 5.56 Å². The summed E-state index contributed by atoms with van der Waals surface area (Å²) in [6.45, 7) is 7.17. The van der Waals surface area contributed by atoms with Gasteiger partial charge in [0.2, 0.25) is 5.89 Å². The molecule has 1 heterocycles. The van der Waals surface area contributed by atoms with E-state index < -0.39 is 0 Å². The van der Waals surface area contributed by atoms with Crippen molar-refractivity contribution in [3.05, 3.63) is 96.1 Å². The summed E-state index contributed by atoms with van der Waals surface area (Å²) in [5, 5.41) is 2.19. The predicted octanol–water partition coefficient (Wildman–Crippen LogP) is 7.52. The summed E-state index contributed by atoms with van der Waals surface area (Å²) in [5.74, 6) is 1.49. The topological polar surface area (TPSA) is 35.3 Å². The normalized spacial score (nSPS) is 11.8. The summed E-state index contributed by atoms with van der Waals surface area (Å²) in [4.78, 5) is 4.81. The number of fused-ring (bicyclic) bond motifs is 2. The van der Waals surface area contributed by atoms with Crippen LogP contribution in [0.4, 0.5) is 0 Å². The molecule has 154 valence electrons. The highest BCUT2D eigenvalue weighted by atomic mass is 16.5. The molecule has 0 spiro atoms. The minimum Gasteiger partial charge on any atom is -0.489 e. The number of oxazole rings is 1. The predicted molar refractivity (Wildman–Crippen MR) is 126 cm³/mol. The lowest BCUT2D eigenvalue weighted by Crippen LogP contribution is -2.10. The van der Waals surface area contributed by atoms with Crippen LogP contribution in [0.3, 0.4) is 0 Å². The first-order chi connectivity index (χ1) is 15.0. The van der Waals surface area contributed by atoms with Gasteiger partial charge in [0.25, 0.3) is 0 Å². The maximum atomic E-state index is 6.12. The third-order valence-corrected chi connectivity index (χ3v) is 5.58. The Morgan fingerprint density at radius 2 is 1.68 bits per heavy atom. The van der Waals surface area contributed by atoms with Gasteiger partial charge in [-0.25, -0.2) is 4.98 Å². The number of ether oxygens (including phenoxy) is 1. The molecule has 0 fully saturated rings. The molecule has 3 heteroatoms. The van der Waals surface area contributed by atoms with E-state index in [0.29, 0.717) is 12.5 Å². The second kappa shape index (κ2) is 7.59. The molecule has 31 heavy (non-hydrogen) atoms. The standard InChI is InChI=1S/C28H25NO2/c1-28(2,3)21-12-15-26-25(17-21)29-27(31-26)24-11-7-10-20-16-22(13-14-23(20)24)30-18-19-8-5-4-6-9-19/h4-17H,18H2,1-3H3. The number of nitrogens with zero attached hydrogens (tertiary/aromatic N) is 1. The Balaban J connectivity index is 1.48. The summed E-state index contributed by atoms with van der Waals surface area (Å²) in [6.07, 6.45) is 0. The average Bonchev–Trinajstić information content (AvgIpc) is 3.20. The molecular weight excluding hydrogens is 382 g/mol. The van der Waals surface area contributed by atoms with Gasteiger partial charge in [0.05, 0.1) is 0 Å². The molecule has 0 bridgehead atoms. The smallest absolute Gasteiger partial charge is 0.227 e. The van der Waals surface area contributed by atoms with Crippen molar-refractivity contribution < 1.29 is 9.15 Å². The molecule has 0 aliphatic rings. The minimum atomic E-state index is 0.0723. The number of hydrogen-bond donors (Lipinski definition) is 0.